The van der Waals surface area contributed by atoms with Gasteiger partial charge in [-0.3, -0.25) is 0 Å². The van der Waals surface area contributed by atoms with Crippen molar-refractivity contribution in [3.63, 3.8) is 0 Å². The smallest absolute Gasteiger partial charge is 0.120 e. The molecule has 0 unspecified atom stereocenters. The Hall–Kier alpha value is -0.900. The van der Waals surface area contributed by atoms with Crippen molar-refractivity contribution < 1.29 is 9.47 Å². The second kappa shape index (κ2) is 9.98. The van der Waals surface area contributed by atoms with Gasteiger partial charge in [-0.1, -0.05) is 29.6 Å². The van der Waals surface area contributed by atoms with Crippen molar-refractivity contribution in [2.24, 2.45) is 0 Å². The van der Waals surface area contributed by atoms with E-state index in [1.54, 1.807) is 6.08 Å². The van der Waals surface area contributed by atoms with Gasteiger partial charge in [0.05, 0.1) is 6.61 Å². The Morgan fingerprint density at radius 1 is 1.00 bits per heavy atom. The van der Waals surface area contributed by atoms with Gasteiger partial charge in [-0.2, -0.15) is 0 Å². The van der Waals surface area contributed by atoms with Crippen LogP contribution in [-0.4, -0.2) is 37.7 Å². The van der Waals surface area contributed by atoms with E-state index in [1.165, 1.54) is 32.4 Å². The fraction of sp³-hybridized carbons (Fsp3) is 0.529. The van der Waals surface area contributed by atoms with E-state index in [9.17, 15) is 0 Å². The minimum absolute atomic E-state index is 0.216. The summed E-state index contributed by atoms with van der Waals surface area (Å²) in [6.07, 6.45) is 6.73. The molecule has 0 amide bonds. The van der Waals surface area contributed by atoms with Crippen molar-refractivity contribution in [2.75, 3.05) is 32.8 Å². The molecule has 122 valence electrons. The van der Waals surface area contributed by atoms with Crippen LogP contribution in [0.3, 0.4) is 0 Å². The molecule has 0 radical (unpaired) electrons. The van der Waals surface area contributed by atoms with Gasteiger partial charge in [-0.05, 0) is 62.7 Å². The molecule has 22 heavy (non-hydrogen) atoms. The molecular formula is C17H23Cl2NO2. The van der Waals surface area contributed by atoms with Crippen LogP contribution in [-0.2, 0) is 0 Å². The third-order valence-corrected chi connectivity index (χ3v) is 3.96. The SMILES string of the molecule is ClC(Cl)=CCOc1ccc(OCCCN2CCCCC2)cc1. The topological polar surface area (TPSA) is 21.7 Å². The number of benzene rings is 1. The predicted octanol–water partition coefficient (Wildman–Crippen LogP) is 4.64. The van der Waals surface area contributed by atoms with E-state index in [0.29, 0.717) is 6.61 Å². The number of rotatable bonds is 8. The fourth-order valence-corrected chi connectivity index (χ4v) is 2.62. The quantitative estimate of drug-likeness (QED) is 0.642. The lowest BCUT2D eigenvalue weighted by molar-refractivity contribution is 0.205. The van der Waals surface area contributed by atoms with Crippen LogP contribution in [0.1, 0.15) is 25.7 Å². The molecule has 0 N–H and O–H groups in total. The molecule has 1 aliphatic rings. The first-order chi connectivity index (χ1) is 10.7. The maximum absolute atomic E-state index is 5.76. The first-order valence-corrected chi connectivity index (χ1v) is 8.59. The van der Waals surface area contributed by atoms with Crippen LogP contribution in [0.15, 0.2) is 34.8 Å². The zero-order valence-electron chi connectivity index (χ0n) is 12.8. The van der Waals surface area contributed by atoms with Crippen molar-refractivity contribution >= 4 is 23.2 Å². The van der Waals surface area contributed by atoms with Crippen molar-refractivity contribution in [2.45, 2.75) is 25.7 Å². The molecule has 0 atom stereocenters. The summed E-state index contributed by atoms with van der Waals surface area (Å²) in [5.74, 6) is 1.64. The number of likely N-dealkylation sites (tertiary alicyclic amines) is 1. The minimum Gasteiger partial charge on any atom is -0.494 e. The van der Waals surface area contributed by atoms with Gasteiger partial charge in [0, 0.05) is 6.54 Å². The first kappa shape index (κ1) is 17.5. The van der Waals surface area contributed by atoms with Crippen molar-refractivity contribution in [1.82, 2.24) is 4.90 Å². The summed E-state index contributed by atoms with van der Waals surface area (Å²) >= 11 is 11.0. The third-order valence-electron chi connectivity index (χ3n) is 3.65. The molecule has 5 heteroatoms. The van der Waals surface area contributed by atoms with Gasteiger partial charge < -0.3 is 14.4 Å². The molecule has 0 saturated carbocycles. The molecule has 0 aliphatic carbocycles. The van der Waals surface area contributed by atoms with Gasteiger partial charge in [0.1, 0.15) is 22.6 Å². The largest absolute Gasteiger partial charge is 0.494 e. The van der Waals surface area contributed by atoms with Crippen LogP contribution in [0.2, 0.25) is 0 Å². The molecule has 1 heterocycles. The number of halogens is 2. The summed E-state index contributed by atoms with van der Waals surface area (Å²) in [7, 11) is 0. The van der Waals surface area contributed by atoms with Gasteiger partial charge >= 0.3 is 0 Å². The van der Waals surface area contributed by atoms with Crippen LogP contribution < -0.4 is 9.47 Å². The fourth-order valence-electron chi connectivity index (χ4n) is 2.49. The van der Waals surface area contributed by atoms with Crippen LogP contribution in [0, 0.1) is 0 Å². The van der Waals surface area contributed by atoms with E-state index < -0.39 is 0 Å². The Balaban J connectivity index is 1.62. The highest BCUT2D eigenvalue weighted by Crippen LogP contribution is 2.18. The van der Waals surface area contributed by atoms with E-state index in [-0.39, 0.29) is 4.49 Å². The molecular weight excluding hydrogens is 321 g/mol. The second-order valence-electron chi connectivity index (χ2n) is 5.38. The molecule has 3 nitrogen and oxygen atoms in total. The van der Waals surface area contributed by atoms with E-state index in [2.05, 4.69) is 4.90 Å². The summed E-state index contributed by atoms with van der Waals surface area (Å²) in [4.78, 5) is 2.53. The molecule has 1 saturated heterocycles. The van der Waals surface area contributed by atoms with E-state index in [1.807, 2.05) is 24.3 Å². The maximum atomic E-state index is 5.76. The molecule has 0 bridgehead atoms. The van der Waals surface area contributed by atoms with Crippen LogP contribution in [0.4, 0.5) is 0 Å². The second-order valence-corrected chi connectivity index (χ2v) is 6.39. The summed E-state index contributed by atoms with van der Waals surface area (Å²) in [5.41, 5.74) is 0. The molecule has 1 aliphatic heterocycles. The lowest BCUT2D eigenvalue weighted by Gasteiger charge is -2.26. The molecule has 1 aromatic carbocycles. The Morgan fingerprint density at radius 2 is 1.64 bits per heavy atom. The molecule has 0 spiro atoms. The van der Waals surface area contributed by atoms with Gasteiger partial charge in [-0.25, -0.2) is 0 Å². The van der Waals surface area contributed by atoms with Crippen molar-refractivity contribution in [3.8, 4) is 11.5 Å². The highest BCUT2D eigenvalue weighted by Gasteiger charge is 2.08. The Bertz CT molecular complexity index is 452. The van der Waals surface area contributed by atoms with Crippen LogP contribution >= 0.6 is 23.2 Å². The highest BCUT2D eigenvalue weighted by molar-refractivity contribution is 6.55. The molecule has 1 fully saturated rings. The van der Waals surface area contributed by atoms with Crippen molar-refractivity contribution in [1.29, 1.82) is 0 Å². The lowest BCUT2D eigenvalue weighted by Crippen LogP contribution is -2.31. The number of hydrogen-bond donors (Lipinski definition) is 0. The highest BCUT2D eigenvalue weighted by atomic mass is 35.5. The summed E-state index contributed by atoms with van der Waals surface area (Å²) in [5, 5.41) is 0. The summed E-state index contributed by atoms with van der Waals surface area (Å²) in [6.45, 7) is 4.73. The van der Waals surface area contributed by atoms with Crippen molar-refractivity contribution in [3.05, 3.63) is 34.8 Å². The lowest BCUT2D eigenvalue weighted by atomic mass is 10.1. The van der Waals surface area contributed by atoms with Gasteiger partial charge in [0.15, 0.2) is 0 Å². The minimum atomic E-state index is 0.216. The zero-order chi connectivity index (χ0) is 15.6. The monoisotopic (exact) mass is 343 g/mol. The van der Waals surface area contributed by atoms with E-state index in [0.717, 1.165) is 31.1 Å². The Morgan fingerprint density at radius 3 is 2.27 bits per heavy atom. The number of nitrogens with zero attached hydrogens (tertiary/aromatic N) is 1. The van der Waals surface area contributed by atoms with Gasteiger partial charge in [0.2, 0.25) is 0 Å². The summed E-state index contributed by atoms with van der Waals surface area (Å²) in [6, 6.07) is 7.61. The average Bonchev–Trinajstić information content (AvgIpc) is 2.54. The number of ether oxygens (including phenoxy) is 2. The van der Waals surface area contributed by atoms with Gasteiger partial charge in [-0.15, -0.1) is 0 Å². The first-order valence-electron chi connectivity index (χ1n) is 7.83. The zero-order valence-corrected chi connectivity index (χ0v) is 14.3. The predicted molar refractivity (Wildman–Crippen MR) is 92.1 cm³/mol. The summed E-state index contributed by atoms with van der Waals surface area (Å²) < 4.78 is 11.4. The normalized spacial score (nSPS) is 15.4. The molecule has 1 aromatic rings. The van der Waals surface area contributed by atoms with E-state index >= 15 is 0 Å². The third kappa shape index (κ3) is 6.91. The Labute approximate surface area is 142 Å². The van der Waals surface area contributed by atoms with Gasteiger partial charge in [0.25, 0.3) is 0 Å². The maximum Gasteiger partial charge on any atom is 0.120 e. The standard InChI is InChI=1S/C17H23Cl2NO2/c18-17(19)9-14-22-16-7-5-15(6-8-16)21-13-4-12-20-10-2-1-3-11-20/h5-9H,1-4,10-14H2. The number of hydrogen-bond acceptors (Lipinski definition) is 3. The average molecular weight is 344 g/mol. The Kier molecular flexibility index (Phi) is 7.92. The van der Waals surface area contributed by atoms with E-state index in [4.69, 9.17) is 32.7 Å². The molecule has 0 aromatic heterocycles. The number of piperidine rings is 1. The van der Waals surface area contributed by atoms with Crippen LogP contribution in [0.5, 0.6) is 11.5 Å². The molecule has 2 rings (SSSR count). The van der Waals surface area contributed by atoms with Crippen LogP contribution in [0.25, 0.3) is 0 Å².